The normalized spacial score (nSPS) is 20.0. The maximum absolute atomic E-state index is 11.1. The third-order valence-electron chi connectivity index (χ3n) is 4.14. The Balaban J connectivity index is 2.39. The van der Waals surface area contributed by atoms with E-state index in [0.29, 0.717) is 5.56 Å². The zero-order chi connectivity index (χ0) is 15.1. The van der Waals surface area contributed by atoms with Gasteiger partial charge in [0.1, 0.15) is 6.29 Å². The summed E-state index contributed by atoms with van der Waals surface area (Å²) >= 11 is 0. The number of nitrogens with zero attached hydrogens (tertiary/aromatic N) is 1. The molecule has 0 atom stereocenters. The molecule has 2 rings (SSSR count). The minimum Gasteiger partial charge on any atom is -0.399 e. The molecule has 0 saturated carbocycles. The summed E-state index contributed by atoms with van der Waals surface area (Å²) in [5.41, 5.74) is 1.69. The van der Waals surface area contributed by atoms with Crippen LogP contribution in [-0.4, -0.2) is 38.7 Å². The molecule has 108 valence electrons. The van der Waals surface area contributed by atoms with Crippen LogP contribution in [0, 0.1) is 0 Å². The molecule has 1 aromatic carbocycles. The van der Waals surface area contributed by atoms with E-state index in [0.717, 1.165) is 17.4 Å². The monoisotopic (exact) mass is 275 g/mol. The summed E-state index contributed by atoms with van der Waals surface area (Å²) in [5, 5.41) is 0. The molecule has 20 heavy (non-hydrogen) atoms. The molecule has 0 spiro atoms. The van der Waals surface area contributed by atoms with Crippen LogP contribution < -0.4 is 10.4 Å². The van der Waals surface area contributed by atoms with Gasteiger partial charge in [0.05, 0.1) is 11.2 Å². The fourth-order valence-electron chi connectivity index (χ4n) is 2.10. The average Bonchev–Trinajstić information content (AvgIpc) is 2.58. The Bertz CT molecular complexity index is 510. The number of aldehydes is 1. The average molecular weight is 275 g/mol. The van der Waals surface area contributed by atoms with Gasteiger partial charge in [0, 0.05) is 25.3 Å². The van der Waals surface area contributed by atoms with E-state index in [1.807, 2.05) is 64.9 Å². The molecule has 5 heteroatoms. The predicted octanol–water partition coefficient (Wildman–Crippen LogP) is 1.86. The van der Waals surface area contributed by atoms with E-state index in [9.17, 15) is 4.79 Å². The van der Waals surface area contributed by atoms with E-state index in [4.69, 9.17) is 9.31 Å². The highest BCUT2D eigenvalue weighted by molar-refractivity contribution is 6.62. The maximum atomic E-state index is 11.1. The molecule has 1 heterocycles. The third kappa shape index (κ3) is 2.60. The van der Waals surface area contributed by atoms with Gasteiger partial charge >= 0.3 is 7.12 Å². The van der Waals surface area contributed by atoms with Gasteiger partial charge in [0.2, 0.25) is 0 Å². The van der Waals surface area contributed by atoms with E-state index in [-0.39, 0.29) is 11.2 Å². The Labute approximate surface area is 121 Å². The van der Waals surface area contributed by atoms with Crippen molar-refractivity contribution in [1.82, 2.24) is 0 Å². The molecule has 0 unspecified atom stereocenters. The molecule has 1 aliphatic rings. The Morgan fingerprint density at radius 3 is 2.05 bits per heavy atom. The van der Waals surface area contributed by atoms with E-state index in [1.54, 1.807) is 0 Å². The molecule has 4 nitrogen and oxygen atoms in total. The Morgan fingerprint density at radius 1 is 1.05 bits per heavy atom. The number of anilines is 1. The minimum absolute atomic E-state index is 0.382. The number of hydrogen-bond acceptors (Lipinski definition) is 4. The highest BCUT2D eigenvalue weighted by Gasteiger charge is 2.51. The first-order valence-electron chi connectivity index (χ1n) is 6.79. The van der Waals surface area contributed by atoms with Crippen molar-refractivity contribution in [1.29, 1.82) is 0 Å². The third-order valence-corrected chi connectivity index (χ3v) is 4.14. The zero-order valence-corrected chi connectivity index (χ0v) is 13.1. The quantitative estimate of drug-likeness (QED) is 0.623. The molecule has 0 aliphatic carbocycles. The fourth-order valence-corrected chi connectivity index (χ4v) is 2.10. The molecule has 1 aromatic rings. The van der Waals surface area contributed by atoms with Crippen LogP contribution in [0.1, 0.15) is 38.1 Å². The Hall–Kier alpha value is -1.33. The first-order valence-corrected chi connectivity index (χ1v) is 6.79. The lowest BCUT2D eigenvalue weighted by Crippen LogP contribution is -2.41. The van der Waals surface area contributed by atoms with Crippen molar-refractivity contribution in [3.63, 3.8) is 0 Å². The van der Waals surface area contributed by atoms with Crippen molar-refractivity contribution < 1.29 is 14.1 Å². The summed E-state index contributed by atoms with van der Waals surface area (Å²) in [7, 11) is 3.44. The van der Waals surface area contributed by atoms with E-state index in [2.05, 4.69) is 0 Å². The molecule has 0 N–H and O–H groups in total. The van der Waals surface area contributed by atoms with Crippen molar-refractivity contribution >= 4 is 24.6 Å². The maximum Gasteiger partial charge on any atom is 0.494 e. The van der Waals surface area contributed by atoms with Gasteiger partial charge in [0.15, 0.2) is 0 Å². The van der Waals surface area contributed by atoms with Crippen LogP contribution >= 0.6 is 0 Å². The van der Waals surface area contributed by atoms with Crippen LogP contribution in [0.3, 0.4) is 0 Å². The van der Waals surface area contributed by atoms with Gasteiger partial charge < -0.3 is 14.2 Å². The summed E-state index contributed by atoms with van der Waals surface area (Å²) in [6.45, 7) is 8.07. The zero-order valence-electron chi connectivity index (χ0n) is 13.1. The second-order valence-corrected chi connectivity index (χ2v) is 6.46. The van der Waals surface area contributed by atoms with Crippen LogP contribution in [0.5, 0.6) is 0 Å². The molecule has 1 saturated heterocycles. The minimum atomic E-state index is -0.446. The second-order valence-electron chi connectivity index (χ2n) is 6.46. The van der Waals surface area contributed by atoms with Crippen molar-refractivity contribution in [2.75, 3.05) is 19.0 Å². The topological polar surface area (TPSA) is 38.8 Å². The van der Waals surface area contributed by atoms with Crippen molar-refractivity contribution in [2.24, 2.45) is 0 Å². The molecular formula is C15H22BNO3. The van der Waals surface area contributed by atoms with Crippen LogP contribution in [0.15, 0.2) is 18.2 Å². The lowest BCUT2D eigenvalue weighted by Gasteiger charge is -2.32. The SMILES string of the molecule is CN(C)c1cc(C=O)cc(B2OC(C)(C)C(C)(C)O2)c1. The number of benzene rings is 1. The Morgan fingerprint density at radius 2 is 1.60 bits per heavy atom. The smallest absolute Gasteiger partial charge is 0.399 e. The lowest BCUT2D eigenvalue weighted by molar-refractivity contribution is 0.00578. The molecule has 0 bridgehead atoms. The summed E-state index contributed by atoms with van der Waals surface area (Å²) in [6, 6.07) is 5.67. The summed E-state index contributed by atoms with van der Waals surface area (Å²) in [6.07, 6.45) is 0.849. The van der Waals surface area contributed by atoms with Gasteiger partial charge in [0.25, 0.3) is 0 Å². The highest BCUT2D eigenvalue weighted by atomic mass is 16.7. The van der Waals surface area contributed by atoms with Crippen LogP contribution in [0.25, 0.3) is 0 Å². The summed E-state index contributed by atoms with van der Waals surface area (Å²) in [5.74, 6) is 0. The van der Waals surface area contributed by atoms with Gasteiger partial charge in [-0.2, -0.15) is 0 Å². The standard InChI is InChI=1S/C15H22BNO3/c1-14(2)15(3,4)20-16(19-14)12-7-11(10-18)8-13(9-12)17(5)6/h7-10H,1-6H3. The van der Waals surface area contributed by atoms with Gasteiger partial charge in [-0.1, -0.05) is 6.07 Å². The number of carbonyl (C=O) groups is 1. The molecule has 1 fully saturated rings. The van der Waals surface area contributed by atoms with Crippen LogP contribution in [0.2, 0.25) is 0 Å². The molecule has 1 aliphatic heterocycles. The number of carbonyl (C=O) groups excluding carboxylic acids is 1. The fraction of sp³-hybridized carbons (Fsp3) is 0.533. The Kier molecular flexibility index (Phi) is 3.69. The predicted molar refractivity (Wildman–Crippen MR) is 81.9 cm³/mol. The van der Waals surface area contributed by atoms with Gasteiger partial charge in [-0.15, -0.1) is 0 Å². The van der Waals surface area contributed by atoms with Crippen LogP contribution in [0.4, 0.5) is 5.69 Å². The number of rotatable bonds is 3. The van der Waals surface area contributed by atoms with Crippen molar-refractivity contribution in [3.8, 4) is 0 Å². The van der Waals surface area contributed by atoms with Crippen LogP contribution in [-0.2, 0) is 9.31 Å². The lowest BCUT2D eigenvalue weighted by atomic mass is 9.78. The summed E-state index contributed by atoms with van der Waals surface area (Å²) in [4.78, 5) is 13.1. The van der Waals surface area contributed by atoms with E-state index < -0.39 is 7.12 Å². The van der Waals surface area contributed by atoms with E-state index >= 15 is 0 Å². The van der Waals surface area contributed by atoms with Gasteiger partial charge in [-0.3, -0.25) is 4.79 Å². The van der Waals surface area contributed by atoms with Crippen molar-refractivity contribution in [3.05, 3.63) is 23.8 Å². The first kappa shape index (κ1) is 15.1. The number of hydrogen-bond donors (Lipinski definition) is 0. The molecular weight excluding hydrogens is 253 g/mol. The largest absolute Gasteiger partial charge is 0.494 e. The van der Waals surface area contributed by atoms with E-state index in [1.165, 1.54) is 0 Å². The first-order chi connectivity index (χ1) is 9.16. The summed E-state index contributed by atoms with van der Waals surface area (Å²) < 4.78 is 12.1. The molecule has 0 radical (unpaired) electrons. The molecule has 0 aromatic heterocycles. The van der Waals surface area contributed by atoms with Gasteiger partial charge in [-0.25, -0.2) is 0 Å². The van der Waals surface area contributed by atoms with Crippen molar-refractivity contribution in [2.45, 2.75) is 38.9 Å². The van der Waals surface area contributed by atoms with Gasteiger partial charge in [-0.05, 0) is 45.3 Å². The molecule has 0 amide bonds. The highest BCUT2D eigenvalue weighted by Crippen LogP contribution is 2.36. The second kappa shape index (κ2) is 4.90.